The molecule has 4 aliphatic rings. The van der Waals surface area contributed by atoms with E-state index in [-0.39, 0.29) is 0 Å². The maximum atomic E-state index is 8.39. The second-order valence-corrected chi connectivity index (χ2v) is 10.5. The molecule has 4 saturated carbocycles. The highest BCUT2D eigenvalue weighted by atomic mass is 14.6. The zero-order valence-corrected chi connectivity index (χ0v) is 16.1. The van der Waals surface area contributed by atoms with Crippen molar-refractivity contribution in [3.63, 3.8) is 0 Å². The van der Waals surface area contributed by atoms with Gasteiger partial charge in [-0.15, -0.1) is 0 Å². The zero-order valence-electron chi connectivity index (χ0n) is 16.1. The van der Waals surface area contributed by atoms with Gasteiger partial charge >= 0.3 is 0 Å². The Hall–Kier alpha value is -0.265. The van der Waals surface area contributed by atoms with E-state index in [9.17, 15) is 0 Å². The first-order valence-electron chi connectivity index (χ1n) is 10.7. The topological polar surface area (TPSA) is 23.9 Å². The third-order valence-electron chi connectivity index (χ3n) is 9.38. The predicted octanol–water partition coefficient (Wildman–Crippen LogP) is 5.89. The summed E-state index contributed by atoms with van der Waals surface area (Å²) in [4.78, 5) is 0. The fourth-order valence-corrected chi connectivity index (χ4v) is 8.32. The van der Waals surface area contributed by atoms with Gasteiger partial charge < -0.3 is 5.41 Å². The van der Waals surface area contributed by atoms with Gasteiger partial charge in [-0.2, -0.15) is 0 Å². The van der Waals surface area contributed by atoms with Crippen molar-refractivity contribution in [2.24, 2.45) is 46.3 Å². The van der Waals surface area contributed by atoms with Crippen molar-refractivity contribution in [1.82, 2.24) is 0 Å². The van der Waals surface area contributed by atoms with Crippen LogP contribution in [0, 0.1) is 51.7 Å². The maximum Gasteiger partial charge on any atom is 0.0733 e. The summed E-state index contributed by atoms with van der Waals surface area (Å²) in [5.41, 5.74) is 1.85. The summed E-state index contributed by atoms with van der Waals surface area (Å²) in [5.74, 6) is 5.22. The minimum absolute atomic E-state index is 0.382. The van der Waals surface area contributed by atoms with Crippen LogP contribution >= 0.6 is 0 Å². The van der Waals surface area contributed by atoms with E-state index in [0.29, 0.717) is 23.1 Å². The molecule has 0 bridgehead atoms. The molecule has 0 amide bonds. The second-order valence-electron chi connectivity index (χ2n) is 10.5. The number of hydrogen-bond donors (Lipinski definition) is 1. The molecule has 1 N–H and O–H groups in total. The van der Waals surface area contributed by atoms with Crippen LogP contribution in [0.2, 0.25) is 6.32 Å². The molecule has 4 aliphatic carbocycles. The fourth-order valence-electron chi connectivity index (χ4n) is 8.32. The van der Waals surface area contributed by atoms with Crippen molar-refractivity contribution in [3.05, 3.63) is 0 Å². The van der Waals surface area contributed by atoms with Gasteiger partial charge in [-0.25, -0.2) is 0 Å². The quantitative estimate of drug-likeness (QED) is 0.484. The van der Waals surface area contributed by atoms with Gasteiger partial charge in [0.25, 0.3) is 0 Å². The molecule has 4 rings (SSSR count). The van der Waals surface area contributed by atoms with E-state index in [1.54, 1.807) is 0 Å². The lowest BCUT2D eigenvalue weighted by Crippen LogP contribution is -2.52. The van der Waals surface area contributed by atoms with Crippen LogP contribution < -0.4 is 0 Å². The SMILES string of the molecule is [B]CC(=N)C1CCC2C3CCC4(C)CC(C)CCC4C3CCC12C. The normalized spacial score (nSPS) is 53.8. The van der Waals surface area contributed by atoms with Crippen molar-refractivity contribution in [3.8, 4) is 0 Å². The molecule has 0 aromatic carbocycles. The van der Waals surface area contributed by atoms with Gasteiger partial charge in [0.1, 0.15) is 0 Å². The number of nitrogens with one attached hydrogen (secondary N) is 1. The molecule has 0 saturated heterocycles. The van der Waals surface area contributed by atoms with Gasteiger partial charge in [0.15, 0.2) is 0 Å². The van der Waals surface area contributed by atoms with Crippen LogP contribution in [0.15, 0.2) is 0 Å². The highest BCUT2D eigenvalue weighted by Crippen LogP contribution is 2.66. The van der Waals surface area contributed by atoms with Gasteiger partial charge in [-0.3, -0.25) is 0 Å². The molecule has 0 spiro atoms. The summed E-state index contributed by atoms with van der Waals surface area (Å²) >= 11 is 0. The second kappa shape index (κ2) is 5.88. The van der Waals surface area contributed by atoms with Crippen molar-refractivity contribution in [2.75, 3.05) is 0 Å². The lowest BCUT2D eigenvalue weighted by molar-refractivity contribution is -0.0986. The Balaban J connectivity index is 1.58. The van der Waals surface area contributed by atoms with Crippen molar-refractivity contribution in [2.45, 2.75) is 84.9 Å². The lowest BCUT2D eigenvalue weighted by atomic mass is 9.45. The maximum absolute atomic E-state index is 8.39. The first-order valence-corrected chi connectivity index (χ1v) is 10.7. The lowest BCUT2D eigenvalue weighted by Gasteiger charge is -2.60. The van der Waals surface area contributed by atoms with Crippen LogP contribution in [0.4, 0.5) is 0 Å². The zero-order chi connectivity index (χ0) is 17.1. The number of fused-ring (bicyclic) bond motifs is 5. The molecule has 2 radical (unpaired) electrons. The summed E-state index contributed by atoms with van der Waals surface area (Å²) in [7, 11) is 5.86. The van der Waals surface area contributed by atoms with E-state index in [1.165, 1.54) is 57.8 Å². The van der Waals surface area contributed by atoms with Crippen LogP contribution in [0.25, 0.3) is 0 Å². The van der Waals surface area contributed by atoms with Crippen LogP contribution in [-0.2, 0) is 0 Å². The third-order valence-corrected chi connectivity index (χ3v) is 9.38. The van der Waals surface area contributed by atoms with Gasteiger partial charge in [0.2, 0.25) is 0 Å². The van der Waals surface area contributed by atoms with Crippen LogP contribution in [0.5, 0.6) is 0 Å². The average molecular weight is 325 g/mol. The Kier molecular flexibility index (Phi) is 4.21. The highest BCUT2D eigenvalue weighted by Gasteiger charge is 2.59. The minimum Gasteiger partial charge on any atom is -0.310 e. The molecule has 0 aliphatic heterocycles. The largest absolute Gasteiger partial charge is 0.310 e. The molecule has 1 nitrogen and oxygen atoms in total. The van der Waals surface area contributed by atoms with Crippen LogP contribution in [0.3, 0.4) is 0 Å². The Morgan fingerprint density at radius 2 is 1.62 bits per heavy atom. The first kappa shape index (κ1) is 17.2. The molecule has 4 fully saturated rings. The highest BCUT2D eigenvalue weighted by molar-refractivity contribution is 6.21. The first-order chi connectivity index (χ1) is 11.4. The van der Waals surface area contributed by atoms with Crippen LogP contribution in [-0.4, -0.2) is 13.6 Å². The van der Waals surface area contributed by atoms with Gasteiger partial charge in [0, 0.05) is 11.6 Å². The molecule has 0 aromatic heterocycles. The predicted molar refractivity (Wildman–Crippen MR) is 103 cm³/mol. The van der Waals surface area contributed by atoms with E-state index in [0.717, 1.165) is 35.3 Å². The number of rotatable bonds is 2. The Bertz CT molecular complexity index is 516. The molecular weight excluding hydrogens is 289 g/mol. The smallest absolute Gasteiger partial charge is 0.0733 e. The summed E-state index contributed by atoms with van der Waals surface area (Å²) < 4.78 is 0. The summed E-state index contributed by atoms with van der Waals surface area (Å²) in [6.45, 7) is 7.62. The standard InChI is InChI=1S/C22H36BN/c1-14-4-5-17-15-9-11-22(3)18(6-7-19(22)20(24)13-23)16(15)8-10-21(17,2)12-14/h14-19,24H,4-13H2,1-3H3. The third kappa shape index (κ3) is 2.37. The van der Waals surface area contributed by atoms with Gasteiger partial charge in [0.05, 0.1) is 7.85 Å². The van der Waals surface area contributed by atoms with Crippen molar-refractivity contribution < 1.29 is 0 Å². The fraction of sp³-hybridized carbons (Fsp3) is 0.955. The summed E-state index contributed by atoms with van der Waals surface area (Å²) in [5, 5.41) is 8.39. The molecule has 2 heteroatoms. The minimum atomic E-state index is 0.382. The Morgan fingerprint density at radius 3 is 2.38 bits per heavy atom. The summed E-state index contributed by atoms with van der Waals surface area (Å²) in [6.07, 6.45) is 13.2. The van der Waals surface area contributed by atoms with Crippen molar-refractivity contribution in [1.29, 1.82) is 5.41 Å². The van der Waals surface area contributed by atoms with E-state index < -0.39 is 0 Å². The van der Waals surface area contributed by atoms with E-state index >= 15 is 0 Å². The van der Waals surface area contributed by atoms with E-state index in [1.807, 2.05) is 0 Å². The molecule has 8 unspecified atom stereocenters. The van der Waals surface area contributed by atoms with E-state index in [4.69, 9.17) is 13.3 Å². The molecule has 24 heavy (non-hydrogen) atoms. The van der Waals surface area contributed by atoms with Crippen molar-refractivity contribution >= 4 is 13.6 Å². The molecule has 0 aromatic rings. The average Bonchev–Trinajstić information content (AvgIpc) is 2.90. The van der Waals surface area contributed by atoms with Gasteiger partial charge in [-0.05, 0) is 91.8 Å². The van der Waals surface area contributed by atoms with Crippen LogP contribution in [0.1, 0.15) is 78.6 Å². The number of hydrogen-bond acceptors (Lipinski definition) is 1. The molecular formula is C22H36BN. The van der Waals surface area contributed by atoms with Gasteiger partial charge in [-0.1, -0.05) is 33.5 Å². The Labute approximate surface area is 150 Å². The molecule has 8 atom stereocenters. The summed E-state index contributed by atoms with van der Waals surface area (Å²) in [6, 6.07) is 0. The Morgan fingerprint density at radius 1 is 0.958 bits per heavy atom. The monoisotopic (exact) mass is 325 g/mol. The molecule has 0 heterocycles. The molecule has 132 valence electrons. The van der Waals surface area contributed by atoms with E-state index in [2.05, 4.69) is 20.8 Å².